The smallest absolute Gasteiger partial charge is 0.305 e. The van der Waals surface area contributed by atoms with Crippen molar-refractivity contribution in [2.75, 3.05) is 26.8 Å². The van der Waals surface area contributed by atoms with Crippen molar-refractivity contribution in [1.82, 2.24) is 4.90 Å². The topological polar surface area (TPSA) is 66.8 Å². The van der Waals surface area contributed by atoms with Crippen LogP contribution in [0.4, 0.5) is 0 Å². The number of hydrogen-bond donors (Lipinski definition) is 1. The number of nitrogens with zero attached hydrogens (tertiary/aromatic N) is 1. The molecule has 114 valence electrons. The fourth-order valence-corrected chi connectivity index (χ4v) is 2.41. The number of rotatable bonds is 9. The van der Waals surface area contributed by atoms with Gasteiger partial charge in [0.25, 0.3) is 0 Å². The van der Waals surface area contributed by atoms with E-state index in [1.54, 1.807) is 0 Å². The summed E-state index contributed by atoms with van der Waals surface area (Å²) in [4.78, 5) is 24.9. The number of likely N-dealkylation sites (tertiary alicyclic amines) is 1. The number of ketones is 1. The third-order valence-electron chi connectivity index (χ3n) is 3.57. The number of ether oxygens (including phenoxy) is 1. The maximum absolute atomic E-state index is 11.8. The van der Waals surface area contributed by atoms with Crippen molar-refractivity contribution in [1.29, 1.82) is 0 Å². The number of aliphatic hydroxyl groups excluding tert-OH is 1. The average Bonchev–Trinajstić information content (AvgIpc) is 2.80. The number of unbranched alkanes of at least 4 members (excludes halogenated alkanes) is 1. The van der Waals surface area contributed by atoms with E-state index < -0.39 is 0 Å². The van der Waals surface area contributed by atoms with Gasteiger partial charge in [0.2, 0.25) is 0 Å². The van der Waals surface area contributed by atoms with Gasteiger partial charge < -0.3 is 9.84 Å². The number of carbonyl (C=O) groups excluding carboxylic acids is 2. The van der Waals surface area contributed by atoms with Crippen molar-refractivity contribution in [2.24, 2.45) is 0 Å². The minimum absolute atomic E-state index is 0.0293. The standard InChI is InChI=1S/C15H25NO4/c1-20-15(19)8-5-3-2-4-7-13-14(18)9-11-16(13)10-6-12-17/h2,4,13,17H,3,5-12H2,1H3/b4-2-/t13-/m0/s1. The van der Waals surface area contributed by atoms with Gasteiger partial charge in [-0.1, -0.05) is 12.2 Å². The van der Waals surface area contributed by atoms with Crippen LogP contribution in [0.3, 0.4) is 0 Å². The summed E-state index contributed by atoms with van der Waals surface area (Å²) >= 11 is 0. The molecular formula is C15H25NO4. The molecule has 5 heteroatoms. The van der Waals surface area contributed by atoms with Crippen LogP contribution in [-0.2, 0) is 14.3 Å². The molecule has 1 heterocycles. The van der Waals surface area contributed by atoms with Gasteiger partial charge in [0, 0.05) is 32.5 Å². The quantitative estimate of drug-likeness (QED) is 0.392. The molecule has 1 rings (SSSR count). The Hall–Kier alpha value is -1.20. The van der Waals surface area contributed by atoms with Crippen molar-refractivity contribution >= 4 is 11.8 Å². The number of hydrogen-bond acceptors (Lipinski definition) is 5. The number of allylic oxidation sites excluding steroid dienone is 1. The van der Waals surface area contributed by atoms with Crippen molar-refractivity contribution in [3.63, 3.8) is 0 Å². The van der Waals surface area contributed by atoms with E-state index in [1.165, 1.54) is 7.11 Å². The molecule has 0 saturated carbocycles. The molecule has 0 bridgehead atoms. The number of esters is 1. The van der Waals surface area contributed by atoms with Gasteiger partial charge in [0.15, 0.2) is 5.78 Å². The first-order valence-electron chi connectivity index (χ1n) is 7.28. The van der Waals surface area contributed by atoms with Crippen molar-refractivity contribution in [3.05, 3.63) is 12.2 Å². The lowest BCUT2D eigenvalue weighted by molar-refractivity contribution is -0.140. The normalized spacial score (nSPS) is 19.9. The molecule has 0 aromatic rings. The Labute approximate surface area is 120 Å². The van der Waals surface area contributed by atoms with Crippen LogP contribution in [0.2, 0.25) is 0 Å². The molecule has 1 N–H and O–H groups in total. The molecule has 1 aliphatic rings. The summed E-state index contributed by atoms with van der Waals surface area (Å²) in [5, 5.41) is 8.85. The first-order chi connectivity index (χ1) is 9.69. The van der Waals surface area contributed by atoms with E-state index in [0.717, 1.165) is 32.4 Å². The number of Topliss-reactive ketones (excluding diaryl/α,β-unsaturated/α-hetero) is 1. The van der Waals surface area contributed by atoms with Gasteiger partial charge in [0.05, 0.1) is 13.2 Å². The fourth-order valence-electron chi connectivity index (χ4n) is 2.41. The van der Waals surface area contributed by atoms with Gasteiger partial charge in [0.1, 0.15) is 0 Å². The van der Waals surface area contributed by atoms with E-state index in [4.69, 9.17) is 5.11 Å². The summed E-state index contributed by atoms with van der Waals surface area (Å²) < 4.78 is 4.57. The van der Waals surface area contributed by atoms with Gasteiger partial charge in [-0.05, 0) is 25.7 Å². The summed E-state index contributed by atoms with van der Waals surface area (Å²) in [5.41, 5.74) is 0. The Morgan fingerprint density at radius 3 is 2.95 bits per heavy atom. The Morgan fingerprint density at radius 2 is 2.25 bits per heavy atom. The van der Waals surface area contributed by atoms with Crippen molar-refractivity contribution in [3.8, 4) is 0 Å². The zero-order valence-corrected chi connectivity index (χ0v) is 12.2. The van der Waals surface area contributed by atoms with E-state index in [2.05, 4.69) is 9.64 Å². The predicted molar refractivity (Wildman–Crippen MR) is 76.3 cm³/mol. The second-order valence-corrected chi connectivity index (χ2v) is 5.02. The summed E-state index contributed by atoms with van der Waals surface area (Å²) in [7, 11) is 1.39. The highest BCUT2D eigenvalue weighted by molar-refractivity contribution is 5.86. The fraction of sp³-hybridized carbons (Fsp3) is 0.733. The van der Waals surface area contributed by atoms with E-state index in [1.807, 2.05) is 12.2 Å². The van der Waals surface area contributed by atoms with Crippen LogP contribution in [0.25, 0.3) is 0 Å². The molecule has 0 amide bonds. The first-order valence-corrected chi connectivity index (χ1v) is 7.28. The second kappa shape index (κ2) is 9.66. The molecule has 0 spiro atoms. The molecule has 0 unspecified atom stereocenters. The zero-order chi connectivity index (χ0) is 14.8. The molecule has 0 radical (unpaired) electrons. The number of carbonyl (C=O) groups is 2. The molecule has 1 saturated heterocycles. The van der Waals surface area contributed by atoms with E-state index >= 15 is 0 Å². The second-order valence-electron chi connectivity index (χ2n) is 5.02. The van der Waals surface area contributed by atoms with Crippen LogP contribution in [0, 0.1) is 0 Å². The van der Waals surface area contributed by atoms with Gasteiger partial charge in [-0.15, -0.1) is 0 Å². The number of methoxy groups -OCH3 is 1. The summed E-state index contributed by atoms with van der Waals surface area (Å²) in [5.74, 6) is 0.113. The zero-order valence-electron chi connectivity index (χ0n) is 12.2. The van der Waals surface area contributed by atoms with Gasteiger partial charge >= 0.3 is 5.97 Å². The lowest BCUT2D eigenvalue weighted by atomic mass is 10.1. The van der Waals surface area contributed by atoms with E-state index in [9.17, 15) is 9.59 Å². The molecule has 20 heavy (non-hydrogen) atoms. The van der Waals surface area contributed by atoms with Crippen LogP contribution in [-0.4, -0.2) is 54.6 Å². The summed E-state index contributed by atoms with van der Waals surface area (Å²) in [6.07, 6.45) is 8.14. The maximum atomic E-state index is 11.8. The van der Waals surface area contributed by atoms with E-state index in [-0.39, 0.29) is 18.6 Å². The lowest BCUT2D eigenvalue weighted by Gasteiger charge is -2.21. The first kappa shape index (κ1) is 16.9. The summed E-state index contributed by atoms with van der Waals surface area (Å²) in [6, 6.07) is -0.0293. The summed E-state index contributed by atoms with van der Waals surface area (Å²) in [6.45, 7) is 1.75. The minimum Gasteiger partial charge on any atom is -0.469 e. The largest absolute Gasteiger partial charge is 0.469 e. The van der Waals surface area contributed by atoms with Gasteiger partial charge in [-0.3, -0.25) is 14.5 Å². The third-order valence-corrected chi connectivity index (χ3v) is 3.57. The van der Waals surface area contributed by atoms with Crippen LogP contribution in [0.15, 0.2) is 12.2 Å². The molecule has 0 aromatic heterocycles. The van der Waals surface area contributed by atoms with Crippen LogP contribution >= 0.6 is 0 Å². The molecule has 1 atom stereocenters. The van der Waals surface area contributed by atoms with Crippen LogP contribution in [0.5, 0.6) is 0 Å². The minimum atomic E-state index is -0.181. The third kappa shape index (κ3) is 5.84. The van der Waals surface area contributed by atoms with Crippen LogP contribution in [0.1, 0.15) is 38.5 Å². The van der Waals surface area contributed by atoms with Crippen molar-refractivity contribution in [2.45, 2.75) is 44.6 Å². The van der Waals surface area contributed by atoms with Gasteiger partial charge in [-0.25, -0.2) is 0 Å². The average molecular weight is 283 g/mol. The predicted octanol–water partition coefficient (Wildman–Crippen LogP) is 1.30. The van der Waals surface area contributed by atoms with Crippen molar-refractivity contribution < 1.29 is 19.4 Å². The van der Waals surface area contributed by atoms with Crippen LogP contribution < -0.4 is 0 Å². The Balaban J connectivity index is 2.24. The Bertz CT molecular complexity index is 341. The molecule has 0 aliphatic carbocycles. The Morgan fingerprint density at radius 1 is 1.45 bits per heavy atom. The molecular weight excluding hydrogens is 258 g/mol. The molecule has 5 nitrogen and oxygen atoms in total. The monoisotopic (exact) mass is 283 g/mol. The number of aliphatic hydroxyl groups is 1. The van der Waals surface area contributed by atoms with E-state index in [0.29, 0.717) is 25.0 Å². The van der Waals surface area contributed by atoms with Gasteiger partial charge in [-0.2, -0.15) is 0 Å². The SMILES string of the molecule is COC(=O)CCC/C=C\C[C@H]1C(=O)CCN1CCCO. The lowest BCUT2D eigenvalue weighted by Crippen LogP contribution is -2.33. The molecule has 1 fully saturated rings. The highest BCUT2D eigenvalue weighted by Crippen LogP contribution is 2.17. The highest BCUT2D eigenvalue weighted by atomic mass is 16.5. The Kier molecular flexibility index (Phi) is 8.14. The highest BCUT2D eigenvalue weighted by Gasteiger charge is 2.30. The maximum Gasteiger partial charge on any atom is 0.305 e. The molecule has 0 aromatic carbocycles. The molecule has 1 aliphatic heterocycles.